The Kier molecular flexibility index (Phi) is 2.51. The van der Waals surface area contributed by atoms with Crippen LogP contribution in [0.4, 0.5) is 0 Å². The fraction of sp³-hybridized carbons (Fsp3) is 0.571. The van der Waals surface area contributed by atoms with E-state index in [0.717, 1.165) is 17.9 Å². The molecule has 0 radical (unpaired) electrons. The summed E-state index contributed by atoms with van der Waals surface area (Å²) >= 11 is 0. The molecule has 2 bridgehead atoms. The molecule has 17 heavy (non-hydrogen) atoms. The number of fused-ring (bicyclic) bond motifs is 2. The molecule has 1 aromatic rings. The first-order valence-electron chi connectivity index (χ1n) is 6.26. The van der Waals surface area contributed by atoms with E-state index >= 15 is 0 Å². The minimum atomic E-state index is 0.319. The van der Waals surface area contributed by atoms with Gasteiger partial charge in [-0.1, -0.05) is 0 Å². The second-order valence-electron chi connectivity index (χ2n) is 5.12. The molecule has 1 fully saturated rings. The van der Waals surface area contributed by atoms with Crippen molar-refractivity contribution in [3.63, 3.8) is 0 Å². The van der Waals surface area contributed by atoms with E-state index in [1.807, 2.05) is 0 Å². The molecule has 3 aliphatic rings. The van der Waals surface area contributed by atoms with E-state index in [2.05, 4.69) is 12.1 Å². The zero-order valence-corrected chi connectivity index (χ0v) is 10.4. The van der Waals surface area contributed by atoms with Gasteiger partial charge >= 0.3 is 0 Å². The average molecular weight is 233 g/mol. The molecule has 0 saturated heterocycles. The molecule has 3 nitrogen and oxygen atoms in total. The number of hydrogen-bond acceptors (Lipinski definition) is 3. The maximum Gasteiger partial charge on any atom is 0.161 e. The Morgan fingerprint density at radius 1 is 1.06 bits per heavy atom. The molecule has 0 amide bonds. The topological polar surface area (TPSA) is 44.5 Å². The Morgan fingerprint density at radius 3 is 2.29 bits per heavy atom. The van der Waals surface area contributed by atoms with E-state index in [1.165, 1.54) is 24.0 Å². The minimum Gasteiger partial charge on any atom is -0.493 e. The van der Waals surface area contributed by atoms with Gasteiger partial charge in [-0.25, -0.2) is 0 Å². The van der Waals surface area contributed by atoms with Crippen molar-refractivity contribution >= 4 is 0 Å². The normalized spacial score (nSPS) is 29.9. The standard InChI is InChI=1S/C14H19NO2/c1-16-13-6-10-8-3-4-9(12(15)5-8)11(10)7-14(13)17-2/h6-9,12H,3-5,15H2,1-2H3. The monoisotopic (exact) mass is 233 g/mol. The summed E-state index contributed by atoms with van der Waals surface area (Å²) in [5.74, 6) is 2.79. The van der Waals surface area contributed by atoms with Crippen LogP contribution in [-0.4, -0.2) is 20.3 Å². The van der Waals surface area contributed by atoms with Gasteiger partial charge in [-0.3, -0.25) is 0 Å². The number of benzene rings is 1. The number of hydrogen-bond donors (Lipinski definition) is 1. The van der Waals surface area contributed by atoms with Crippen molar-refractivity contribution in [3.8, 4) is 11.5 Å². The molecule has 0 heterocycles. The highest BCUT2D eigenvalue weighted by Gasteiger charge is 2.38. The molecule has 0 aromatic heterocycles. The quantitative estimate of drug-likeness (QED) is 0.853. The number of rotatable bonds is 2. The van der Waals surface area contributed by atoms with Gasteiger partial charge in [0.1, 0.15) is 0 Å². The Balaban J connectivity index is 2.13. The van der Waals surface area contributed by atoms with Gasteiger partial charge in [-0.05, 0) is 54.4 Å². The van der Waals surface area contributed by atoms with Crippen molar-refractivity contribution in [2.75, 3.05) is 14.2 Å². The van der Waals surface area contributed by atoms with Gasteiger partial charge in [0.15, 0.2) is 11.5 Å². The lowest BCUT2D eigenvalue weighted by atomic mass is 9.64. The summed E-state index contributed by atoms with van der Waals surface area (Å²) in [6.07, 6.45) is 3.60. The zero-order chi connectivity index (χ0) is 12.0. The van der Waals surface area contributed by atoms with Crippen molar-refractivity contribution in [3.05, 3.63) is 23.3 Å². The van der Waals surface area contributed by atoms with Crippen LogP contribution in [0, 0.1) is 0 Å². The van der Waals surface area contributed by atoms with E-state index in [0.29, 0.717) is 17.9 Å². The summed E-state index contributed by atoms with van der Waals surface area (Å²) in [7, 11) is 3.38. The second-order valence-corrected chi connectivity index (χ2v) is 5.12. The van der Waals surface area contributed by atoms with Crippen LogP contribution in [0.5, 0.6) is 11.5 Å². The molecule has 92 valence electrons. The average Bonchev–Trinajstić information content (AvgIpc) is 2.37. The first-order valence-corrected chi connectivity index (χ1v) is 6.26. The van der Waals surface area contributed by atoms with Crippen LogP contribution in [0.2, 0.25) is 0 Å². The third kappa shape index (κ3) is 1.53. The lowest BCUT2D eigenvalue weighted by Crippen LogP contribution is -2.39. The van der Waals surface area contributed by atoms with Gasteiger partial charge in [-0.2, -0.15) is 0 Å². The Labute approximate surface area is 102 Å². The van der Waals surface area contributed by atoms with E-state index in [1.54, 1.807) is 14.2 Å². The molecular weight excluding hydrogens is 214 g/mol. The van der Waals surface area contributed by atoms with Crippen LogP contribution in [-0.2, 0) is 0 Å². The van der Waals surface area contributed by atoms with Crippen LogP contribution >= 0.6 is 0 Å². The maximum absolute atomic E-state index is 6.22. The Hall–Kier alpha value is -1.22. The fourth-order valence-electron chi connectivity index (χ4n) is 3.46. The molecule has 0 spiro atoms. The molecule has 4 rings (SSSR count). The predicted molar refractivity (Wildman–Crippen MR) is 66.9 cm³/mol. The zero-order valence-electron chi connectivity index (χ0n) is 10.4. The van der Waals surface area contributed by atoms with Crippen LogP contribution in [0.15, 0.2) is 12.1 Å². The molecule has 0 aliphatic heterocycles. The third-order valence-corrected chi connectivity index (χ3v) is 4.33. The van der Waals surface area contributed by atoms with Gasteiger partial charge in [0.05, 0.1) is 14.2 Å². The predicted octanol–water partition coefficient (Wildman–Crippen LogP) is 2.40. The van der Waals surface area contributed by atoms with Crippen molar-refractivity contribution in [2.45, 2.75) is 37.1 Å². The summed E-state index contributed by atoms with van der Waals surface area (Å²) < 4.78 is 10.8. The molecule has 3 unspecified atom stereocenters. The van der Waals surface area contributed by atoms with E-state index in [9.17, 15) is 0 Å². The van der Waals surface area contributed by atoms with E-state index in [4.69, 9.17) is 15.2 Å². The van der Waals surface area contributed by atoms with Crippen LogP contribution in [0.25, 0.3) is 0 Å². The summed E-state index contributed by atoms with van der Waals surface area (Å²) in [5.41, 5.74) is 9.04. The summed E-state index contributed by atoms with van der Waals surface area (Å²) in [5, 5.41) is 0. The second kappa shape index (κ2) is 3.91. The first-order chi connectivity index (χ1) is 8.24. The molecule has 1 saturated carbocycles. The highest BCUT2D eigenvalue weighted by Crippen LogP contribution is 2.51. The first kappa shape index (κ1) is 10.9. The highest BCUT2D eigenvalue weighted by molar-refractivity contribution is 5.52. The molecule has 1 aromatic carbocycles. The SMILES string of the molecule is COc1cc2c(cc1OC)C1CCC2CC1N. The van der Waals surface area contributed by atoms with Crippen molar-refractivity contribution in [1.82, 2.24) is 0 Å². The number of methoxy groups -OCH3 is 2. The van der Waals surface area contributed by atoms with E-state index in [-0.39, 0.29) is 0 Å². The molecular formula is C14H19NO2. The summed E-state index contributed by atoms with van der Waals surface area (Å²) in [6, 6.07) is 4.60. The summed E-state index contributed by atoms with van der Waals surface area (Å²) in [6.45, 7) is 0. The van der Waals surface area contributed by atoms with Gasteiger partial charge in [0.25, 0.3) is 0 Å². The van der Waals surface area contributed by atoms with Crippen molar-refractivity contribution in [2.24, 2.45) is 5.73 Å². The molecule has 3 atom stereocenters. The smallest absolute Gasteiger partial charge is 0.161 e. The minimum absolute atomic E-state index is 0.319. The largest absolute Gasteiger partial charge is 0.493 e. The lowest BCUT2D eigenvalue weighted by molar-refractivity contribution is 0.306. The van der Waals surface area contributed by atoms with Gasteiger partial charge in [0, 0.05) is 6.04 Å². The third-order valence-electron chi connectivity index (χ3n) is 4.33. The fourth-order valence-corrected chi connectivity index (χ4v) is 3.46. The number of ether oxygens (including phenoxy) is 2. The van der Waals surface area contributed by atoms with Gasteiger partial charge < -0.3 is 15.2 Å². The lowest BCUT2D eigenvalue weighted by Gasteiger charge is -2.42. The summed E-state index contributed by atoms with van der Waals surface area (Å²) in [4.78, 5) is 0. The molecule has 3 aliphatic carbocycles. The van der Waals surface area contributed by atoms with Crippen LogP contribution in [0.1, 0.15) is 42.2 Å². The maximum atomic E-state index is 6.22. The van der Waals surface area contributed by atoms with Gasteiger partial charge in [0.2, 0.25) is 0 Å². The van der Waals surface area contributed by atoms with Crippen molar-refractivity contribution < 1.29 is 9.47 Å². The molecule has 3 heteroatoms. The Morgan fingerprint density at radius 2 is 1.71 bits per heavy atom. The van der Waals surface area contributed by atoms with Crippen LogP contribution < -0.4 is 15.2 Å². The highest BCUT2D eigenvalue weighted by atomic mass is 16.5. The van der Waals surface area contributed by atoms with Gasteiger partial charge in [-0.15, -0.1) is 0 Å². The number of nitrogens with two attached hydrogens (primary N) is 1. The molecule has 2 N–H and O–H groups in total. The Bertz CT molecular complexity index is 444. The van der Waals surface area contributed by atoms with Crippen LogP contribution in [0.3, 0.4) is 0 Å². The van der Waals surface area contributed by atoms with E-state index < -0.39 is 0 Å². The van der Waals surface area contributed by atoms with Crippen molar-refractivity contribution in [1.29, 1.82) is 0 Å².